The van der Waals surface area contributed by atoms with Crippen LogP contribution in [-0.2, 0) is 6.54 Å². The van der Waals surface area contributed by atoms with Gasteiger partial charge >= 0.3 is 0 Å². The van der Waals surface area contributed by atoms with Gasteiger partial charge in [0.15, 0.2) is 5.65 Å². The molecule has 1 saturated heterocycles. The summed E-state index contributed by atoms with van der Waals surface area (Å²) in [7, 11) is 0. The fourth-order valence-corrected chi connectivity index (χ4v) is 3.63. The highest BCUT2D eigenvalue weighted by Crippen LogP contribution is 2.28. The molecule has 3 aromatic rings. The molecule has 0 bridgehead atoms. The number of rotatable bonds is 3. The van der Waals surface area contributed by atoms with Crippen molar-refractivity contribution in [1.82, 2.24) is 19.5 Å². The number of likely N-dealkylation sites (tertiary alicyclic amines) is 1. The van der Waals surface area contributed by atoms with Crippen molar-refractivity contribution in [2.75, 3.05) is 18.8 Å². The molecule has 25 heavy (non-hydrogen) atoms. The van der Waals surface area contributed by atoms with Crippen LogP contribution in [0.15, 0.2) is 36.4 Å². The summed E-state index contributed by atoms with van der Waals surface area (Å²) in [6, 6.07) is 10.7. The molecule has 0 unspecified atom stereocenters. The van der Waals surface area contributed by atoms with Crippen molar-refractivity contribution in [2.24, 2.45) is 0 Å². The predicted octanol–water partition coefficient (Wildman–Crippen LogP) is 3.14. The van der Waals surface area contributed by atoms with Crippen molar-refractivity contribution in [3.63, 3.8) is 0 Å². The number of hydrogen-bond acceptors (Lipinski definition) is 4. The number of halogens is 1. The second kappa shape index (κ2) is 6.44. The summed E-state index contributed by atoms with van der Waals surface area (Å²) in [5.74, 6) is 0.796. The van der Waals surface area contributed by atoms with Crippen LogP contribution in [0, 0.1) is 12.7 Å². The lowest BCUT2D eigenvalue weighted by Crippen LogP contribution is -2.34. The number of nitrogen functional groups attached to an aromatic ring is 1. The monoisotopic (exact) mass is 339 g/mol. The normalized spacial score (nSPS) is 18.7. The smallest absolute Gasteiger partial charge is 0.157 e. The SMILES string of the molecule is Cc1cc2nc([C@@H]3CCCN(Cc4ccc(F)cc4)C3)cc(N)n2n1. The highest BCUT2D eigenvalue weighted by Gasteiger charge is 2.23. The van der Waals surface area contributed by atoms with Gasteiger partial charge in [-0.25, -0.2) is 9.37 Å². The van der Waals surface area contributed by atoms with Crippen LogP contribution >= 0.6 is 0 Å². The van der Waals surface area contributed by atoms with Gasteiger partial charge in [0.05, 0.1) is 11.4 Å². The highest BCUT2D eigenvalue weighted by molar-refractivity contribution is 5.48. The molecule has 0 radical (unpaired) electrons. The number of nitrogens with two attached hydrogens (primary N) is 1. The van der Waals surface area contributed by atoms with Crippen molar-refractivity contribution in [1.29, 1.82) is 0 Å². The van der Waals surface area contributed by atoms with Crippen molar-refractivity contribution >= 4 is 11.5 Å². The second-order valence-corrected chi connectivity index (χ2v) is 6.86. The van der Waals surface area contributed by atoms with Gasteiger partial charge in [-0.05, 0) is 44.0 Å². The third kappa shape index (κ3) is 3.35. The topological polar surface area (TPSA) is 59.5 Å². The first-order valence-corrected chi connectivity index (χ1v) is 8.68. The molecule has 2 N–H and O–H groups in total. The van der Waals surface area contributed by atoms with Crippen LogP contribution in [0.3, 0.4) is 0 Å². The van der Waals surface area contributed by atoms with E-state index in [0.717, 1.165) is 55.1 Å². The van der Waals surface area contributed by atoms with Crippen LogP contribution < -0.4 is 5.73 Å². The van der Waals surface area contributed by atoms with E-state index in [0.29, 0.717) is 11.7 Å². The molecule has 0 saturated carbocycles. The van der Waals surface area contributed by atoms with Crippen LogP contribution in [0.2, 0.25) is 0 Å². The van der Waals surface area contributed by atoms with Gasteiger partial charge in [0.25, 0.3) is 0 Å². The number of nitrogens with zero attached hydrogens (tertiary/aromatic N) is 4. The van der Waals surface area contributed by atoms with Crippen LogP contribution in [0.1, 0.15) is 35.7 Å². The molecule has 1 fully saturated rings. The maximum absolute atomic E-state index is 13.1. The third-order valence-corrected chi connectivity index (χ3v) is 4.84. The van der Waals surface area contributed by atoms with Gasteiger partial charge in [0.1, 0.15) is 11.6 Å². The third-order valence-electron chi connectivity index (χ3n) is 4.84. The zero-order valence-corrected chi connectivity index (χ0v) is 14.3. The van der Waals surface area contributed by atoms with E-state index in [2.05, 4.69) is 10.00 Å². The van der Waals surface area contributed by atoms with Crippen molar-refractivity contribution in [3.05, 3.63) is 59.2 Å². The first-order chi connectivity index (χ1) is 12.1. The first-order valence-electron chi connectivity index (χ1n) is 8.68. The predicted molar refractivity (Wildman–Crippen MR) is 95.8 cm³/mol. The van der Waals surface area contributed by atoms with Crippen LogP contribution in [0.5, 0.6) is 0 Å². The number of aromatic nitrogens is 3. The average Bonchev–Trinajstić information content (AvgIpc) is 2.98. The van der Waals surface area contributed by atoms with E-state index in [9.17, 15) is 4.39 Å². The minimum atomic E-state index is -0.190. The van der Waals surface area contributed by atoms with E-state index < -0.39 is 0 Å². The summed E-state index contributed by atoms with van der Waals surface area (Å²) in [4.78, 5) is 7.19. The Bertz CT molecular complexity index is 887. The quantitative estimate of drug-likeness (QED) is 0.796. The largest absolute Gasteiger partial charge is 0.384 e. The Labute approximate surface area is 146 Å². The van der Waals surface area contributed by atoms with E-state index in [1.807, 2.05) is 31.2 Å². The molecule has 5 nitrogen and oxygen atoms in total. The average molecular weight is 339 g/mol. The summed E-state index contributed by atoms with van der Waals surface area (Å²) in [6.45, 7) is 4.77. The maximum atomic E-state index is 13.1. The number of aryl methyl sites for hydroxylation is 1. The van der Waals surface area contributed by atoms with Crippen LogP contribution in [0.4, 0.5) is 10.2 Å². The van der Waals surface area contributed by atoms with Gasteiger partial charge in [0.2, 0.25) is 0 Å². The Hall–Kier alpha value is -2.47. The minimum Gasteiger partial charge on any atom is -0.384 e. The van der Waals surface area contributed by atoms with Gasteiger partial charge in [0, 0.05) is 31.1 Å². The van der Waals surface area contributed by atoms with Gasteiger partial charge in [-0.2, -0.15) is 9.61 Å². The second-order valence-electron chi connectivity index (χ2n) is 6.86. The molecule has 1 aliphatic heterocycles. The van der Waals surface area contributed by atoms with E-state index in [1.54, 1.807) is 4.52 Å². The molecular weight excluding hydrogens is 317 g/mol. The van der Waals surface area contributed by atoms with E-state index in [1.165, 1.54) is 12.1 Å². The zero-order chi connectivity index (χ0) is 17.4. The molecule has 0 amide bonds. The van der Waals surface area contributed by atoms with E-state index in [4.69, 9.17) is 10.7 Å². The Balaban J connectivity index is 1.53. The number of hydrogen-bond donors (Lipinski definition) is 1. The minimum absolute atomic E-state index is 0.190. The fourth-order valence-electron chi connectivity index (χ4n) is 3.63. The molecule has 1 aromatic carbocycles. The molecule has 6 heteroatoms. The molecule has 130 valence electrons. The van der Waals surface area contributed by atoms with Gasteiger partial charge in [-0.15, -0.1) is 0 Å². The summed E-state index contributed by atoms with van der Waals surface area (Å²) < 4.78 is 14.8. The fraction of sp³-hybridized carbons (Fsp3) is 0.368. The van der Waals surface area contributed by atoms with E-state index in [-0.39, 0.29) is 5.82 Å². The van der Waals surface area contributed by atoms with Gasteiger partial charge in [-0.1, -0.05) is 12.1 Å². The molecule has 0 aliphatic carbocycles. The van der Waals surface area contributed by atoms with Crippen LogP contribution in [-0.4, -0.2) is 32.6 Å². The molecular formula is C19H22FN5. The first kappa shape index (κ1) is 16.0. The van der Waals surface area contributed by atoms with Crippen molar-refractivity contribution in [2.45, 2.75) is 32.2 Å². The number of benzene rings is 1. The lowest BCUT2D eigenvalue weighted by atomic mass is 9.94. The van der Waals surface area contributed by atoms with Gasteiger partial charge < -0.3 is 5.73 Å². The Morgan fingerprint density at radius 1 is 1.24 bits per heavy atom. The van der Waals surface area contributed by atoms with E-state index >= 15 is 0 Å². The van der Waals surface area contributed by atoms with Gasteiger partial charge in [-0.3, -0.25) is 4.90 Å². The van der Waals surface area contributed by atoms with Crippen LogP contribution in [0.25, 0.3) is 5.65 Å². The van der Waals surface area contributed by atoms with Crippen molar-refractivity contribution < 1.29 is 4.39 Å². The summed E-state index contributed by atoms with van der Waals surface area (Å²) in [5, 5.41) is 4.36. The lowest BCUT2D eigenvalue weighted by Gasteiger charge is -2.32. The number of piperidine rings is 1. The maximum Gasteiger partial charge on any atom is 0.157 e. The number of fused-ring (bicyclic) bond motifs is 1. The Kier molecular flexibility index (Phi) is 4.13. The Morgan fingerprint density at radius 3 is 2.84 bits per heavy atom. The summed E-state index contributed by atoms with van der Waals surface area (Å²) in [6.07, 6.45) is 2.23. The molecule has 2 aromatic heterocycles. The lowest BCUT2D eigenvalue weighted by molar-refractivity contribution is 0.198. The van der Waals surface area contributed by atoms with Crippen molar-refractivity contribution in [3.8, 4) is 0 Å². The molecule has 3 heterocycles. The molecule has 4 rings (SSSR count). The molecule has 1 aliphatic rings. The highest BCUT2D eigenvalue weighted by atomic mass is 19.1. The Morgan fingerprint density at radius 2 is 2.04 bits per heavy atom. The summed E-state index contributed by atoms with van der Waals surface area (Å²) in [5.41, 5.74) is 10.1. The summed E-state index contributed by atoms with van der Waals surface area (Å²) >= 11 is 0. The standard InChI is InChI=1S/C19H22FN5/c1-13-9-19-22-17(10-18(21)25(19)23-13)15-3-2-8-24(12-15)11-14-4-6-16(20)7-5-14/h4-7,9-10,15H,2-3,8,11-12,21H2,1H3/t15-/m1/s1. The zero-order valence-electron chi connectivity index (χ0n) is 14.3. The molecule has 0 spiro atoms. The number of anilines is 1. The molecule has 1 atom stereocenters.